The first-order valence-electron chi connectivity index (χ1n) is 6.23. The molecule has 90 valence electrons. The van der Waals surface area contributed by atoms with Crippen molar-refractivity contribution < 1.29 is 5.11 Å². The summed E-state index contributed by atoms with van der Waals surface area (Å²) in [6.45, 7) is 2.58. The van der Waals surface area contributed by atoms with Crippen molar-refractivity contribution in [2.75, 3.05) is 33.8 Å². The van der Waals surface area contributed by atoms with Gasteiger partial charge in [0.15, 0.2) is 0 Å². The van der Waals surface area contributed by atoms with E-state index < -0.39 is 0 Å². The normalized spacial score (nSPS) is 27.2. The molecule has 2 unspecified atom stereocenters. The molecule has 15 heavy (non-hydrogen) atoms. The highest BCUT2D eigenvalue weighted by Crippen LogP contribution is 2.23. The molecule has 3 heteroatoms. The van der Waals surface area contributed by atoms with E-state index >= 15 is 0 Å². The third-order valence-electron chi connectivity index (χ3n) is 3.33. The highest BCUT2D eigenvalue weighted by atomic mass is 16.3. The van der Waals surface area contributed by atoms with Crippen LogP contribution in [0.1, 0.15) is 32.1 Å². The van der Waals surface area contributed by atoms with Gasteiger partial charge in [-0.25, -0.2) is 0 Å². The van der Waals surface area contributed by atoms with Crippen LogP contribution in [0.15, 0.2) is 0 Å². The Morgan fingerprint density at radius 3 is 2.67 bits per heavy atom. The standard InChI is InChI=1S/C12H26N2O/c1-14(2)9-5-8-13-12-7-4-3-6-11(12)10-15/h11-13,15H,3-10H2,1-2H3. The highest BCUT2D eigenvalue weighted by Gasteiger charge is 2.23. The van der Waals surface area contributed by atoms with Crippen LogP contribution in [0.3, 0.4) is 0 Å². The molecule has 0 bridgehead atoms. The molecule has 0 heterocycles. The van der Waals surface area contributed by atoms with Gasteiger partial charge in [-0.1, -0.05) is 12.8 Å². The lowest BCUT2D eigenvalue weighted by molar-refractivity contribution is 0.152. The summed E-state index contributed by atoms with van der Waals surface area (Å²) in [5.41, 5.74) is 0. The van der Waals surface area contributed by atoms with Crippen molar-refractivity contribution in [2.45, 2.75) is 38.1 Å². The van der Waals surface area contributed by atoms with Crippen molar-refractivity contribution in [1.82, 2.24) is 10.2 Å². The molecule has 0 aromatic carbocycles. The van der Waals surface area contributed by atoms with E-state index in [9.17, 15) is 5.11 Å². The fourth-order valence-corrected chi connectivity index (χ4v) is 2.38. The van der Waals surface area contributed by atoms with Gasteiger partial charge in [0.1, 0.15) is 0 Å². The maximum atomic E-state index is 9.26. The molecule has 0 radical (unpaired) electrons. The molecule has 3 nitrogen and oxygen atoms in total. The van der Waals surface area contributed by atoms with E-state index in [2.05, 4.69) is 24.3 Å². The Morgan fingerprint density at radius 1 is 1.27 bits per heavy atom. The zero-order valence-electron chi connectivity index (χ0n) is 10.2. The zero-order valence-corrected chi connectivity index (χ0v) is 10.2. The van der Waals surface area contributed by atoms with Crippen molar-refractivity contribution in [3.8, 4) is 0 Å². The number of aliphatic hydroxyl groups excluding tert-OH is 1. The third-order valence-corrected chi connectivity index (χ3v) is 3.33. The summed E-state index contributed by atoms with van der Waals surface area (Å²) in [7, 11) is 4.22. The molecule has 1 saturated carbocycles. The topological polar surface area (TPSA) is 35.5 Å². The van der Waals surface area contributed by atoms with Crippen LogP contribution >= 0.6 is 0 Å². The highest BCUT2D eigenvalue weighted by molar-refractivity contribution is 4.80. The summed E-state index contributed by atoms with van der Waals surface area (Å²) in [6.07, 6.45) is 6.25. The molecule has 1 rings (SSSR count). The number of nitrogens with zero attached hydrogens (tertiary/aromatic N) is 1. The first-order valence-corrected chi connectivity index (χ1v) is 6.23. The lowest BCUT2D eigenvalue weighted by Gasteiger charge is -2.31. The molecule has 0 aliphatic heterocycles. The second-order valence-electron chi connectivity index (χ2n) is 4.94. The van der Waals surface area contributed by atoms with E-state index in [1.165, 1.54) is 32.1 Å². The third kappa shape index (κ3) is 4.96. The SMILES string of the molecule is CN(C)CCCNC1CCCCC1CO. The van der Waals surface area contributed by atoms with Crippen LogP contribution in [0.2, 0.25) is 0 Å². The first kappa shape index (κ1) is 12.9. The Hall–Kier alpha value is -0.120. The van der Waals surface area contributed by atoms with Crippen LogP contribution in [0.25, 0.3) is 0 Å². The van der Waals surface area contributed by atoms with Crippen molar-refractivity contribution in [1.29, 1.82) is 0 Å². The second-order valence-corrected chi connectivity index (χ2v) is 4.94. The molecule has 0 saturated heterocycles. The number of rotatable bonds is 6. The minimum Gasteiger partial charge on any atom is -0.396 e. The van der Waals surface area contributed by atoms with E-state index in [0.717, 1.165) is 13.1 Å². The van der Waals surface area contributed by atoms with E-state index in [4.69, 9.17) is 0 Å². The summed E-state index contributed by atoms with van der Waals surface area (Å²) in [6, 6.07) is 0.561. The van der Waals surface area contributed by atoms with E-state index in [1.54, 1.807) is 0 Å². The molecule has 0 aromatic heterocycles. The van der Waals surface area contributed by atoms with Gasteiger partial charge in [-0.3, -0.25) is 0 Å². The summed E-state index contributed by atoms with van der Waals surface area (Å²) >= 11 is 0. The van der Waals surface area contributed by atoms with E-state index in [0.29, 0.717) is 18.6 Å². The van der Waals surface area contributed by atoms with Gasteiger partial charge < -0.3 is 15.3 Å². The molecule has 2 atom stereocenters. The van der Waals surface area contributed by atoms with Crippen molar-refractivity contribution in [2.24, 2.45) is 5.92 Å². The van der Waals surface area contributed by atoms with Gasteiger partial charge in [0, 0.05) is 12.6 Å². The monoisotopic (exact) mass is 214 g/mol. The maximum Gasteiger partial charge on any atom is 0.0474 e. The van der Waals surface area contributed by atoms with E-state index in [1.807, 2.05) is 0 Å². The Bertz CT molecular complexity index is 162. The van der Waals surface area contributed by atoms with Gasteiger partial charge in [-0.15, -0.1) is 0 Å². The van der Waals surface area contributed by atoms with Crippen LogP contribution in [0.4, 0.5) is 0 Å². The molecule has 0 aromatic rings. The Balaban J connectivity index is 2.12. The van der Waals surface area contributed by atoms with Crippen LogP contribution in [-0.2, 0) is 0 Å². The maximum absolute atomic E-state index is 9.26. The van der Waals surface area contributed by atoms with Crippen LogP contribution in [0.5, 0.6) is 0 Å². The Kier molecular flexibility index (Phi) is 6.22. The van der Waals surface area contributed by atoms with Crippen LogP contribution < -0.4 is 5.32 Å². The molecular weight excluding hydrogens is 188 g/mol. The predicted octanol–water partition coefficient (Wildman–Crippen LogP) is 1.08. The van der Waals surface area contributed by atoms with Crippen molar-refractivity contribution in [3.63, 3.8) is 0 Å². The Morgan fingerprint density at radius 2 is 2.00 bits per heavy atom. The van der Waals surface area contributed by atoms with Crippen molar-refractivity contribution in [3.05, 3.63) is 0 Å². The number of aliphatic hydroxyl groups is 1. The molecule has 0 amide bonds. The number of nitrogens with one attached hydrogen (secondary N) is 1. The fraction of sp³-hybridized carbons (Fsp3) is 1.00. The lowest BCUT2D eigenvalue weighted by Crippen LogP contribution is -2.41. The number of hydrogen-bond donors (Lipinski definition) is 2. The van der Waals surface area contributed by atoms with Gasteiger partial charge in [-0.2, -0.15) is 0 Å². The number of hydrogen-bond acceptors (Lipinski definition) is 3. The minimum atomic E-state index is 0.353. The predicted molar refractivity (Wildman–Crippen MR) is 64.0 cm³/mol. The molecule has 1 fully saturated rings. The fourth-order valence-electron chi connectivity index (χ4n) is 2.38. The second kappa shape index (κ2) is 7.20. The lowest BCUT2D eigenvalue weighted by atomic mass is 9.85. The molecular formula is C12H26N2O. The summed E-state index contributed by atoms with van der Waals surface area (Å²) in [4.78, 5) is 2.21. The van der Waals surface area contributed by atoms with Gasteiger partial charge in [0.25, 0.3) is 0 Å². The quantitative estimate of drug-likeness (QED) is 0.650. The van der Waals surface area contributed by atoms with Gasteiger partial charge in [0.2, 0.25) is 0 Å². The first-order chi connectivity index (χ1) is 7.24. The summed E-state index contributed by atoms with van der Waals surface area (Å²) in [5, 5.41) is 12.8. The molecule has 1 aliphatic carbocycles. The summed E-state index contributed by atoms with van der Waals surface area (Å²) in [5.74, 6) is 0.498. The molecule has 2 N–H and O–H groups in total. The van der Waals surface area contributed by atoms with E-state index in [-0.39, 0.29) is 0 Å². The summed E-state index contributed by atoms with van der Waals surface area (Å²) < 4.78 is 0. The van der Waals surface area contributed by atoms with Gasteiger partial charge in [-0.05, 0) is 52.4 Å². The zero-order chi connectivity index (χ0) is 11.1. The van der Waals surface area contributed by atoms with Crippen molar-refractivity contribution >= 4 is 0 Å². The largest absolute Gasteiger partial charge is 0.396 e. The Labute approximate surface area is 93.9 Å². The van der Waals surface area contributed by atoms with Gasteiger partial charge in [0.05, 0.1) is 0 Å². The van der Waals surface area contributed by atoms with Gasteiger partial charge >= 0.3 is 0 Å². The average molecular weight is 214 g/mol. The van der Waals surface area contributed by atoms with Crippen LogP contribution in [-0.4, -0.2) is 49.8 Å². The smallest absolute Gasteiger partial charge is 0.0474 e. The average Bonchev–Trinajstić information content (AvgIpc) is 2.24. The van der Waals surface area contributed by atoms with Crippen LogP contribution in [0, 0.1) is 5.92 Å². The minimum absolute atomic E-state index is 0.353. The molecule has 1 aliphatic rings. The molecule has 0 spiro atoms.